The van der Waals surface area contributed by atoms with Crippen LogP contribution in [0.4, 0.5) is 0 Å². The molecule has 0 bridgehead atoms. The van der Waals surface area contributed by atoms with Gasteiger partial charge in [0, 0.05) is 84.3 Å². The molecule has 48 heteroatoms. The molecule has 0 saturated heterocycles. The van der Waals surface area contributed by atoms with E-state index in [0.29, 0.717) is 0 Å². The third-order valence-electron chi connectivity index (χ3n) is 0. The predicted octanol–water partition coefficient (Wildman–Crippen LogP) is -14.6. The van der Waals surface area contributed by atoms with E-state index in [-0.39, 0.29) is 478 Å². The molecule has 0 radical (unpaired) electrons. The van der Waals surface area contributed by atoms with Crippen molar-refractivity contribution in [3.8, 4) is 0 Å². The van der Waals surface area contributed by atoms with Gasteiger partial charge in [-0.05, 0) is 0 Å². The topological polar surface area (TPSA) is 917 Å². The molecule has 0 aromatic carbocycles. The molecule has 88 heavy (non-hydrogen) atoms. The van der Waals surface area contributed by atoms with E-state index in [0.717, 1.165) is 0 Å². The Morgan fingerprint density at radius 2 is 0.102 bits per heavy atom. The molecule has 0 heterocycles. The zero-order chi connectivity index (χ0) is 54.1. The Balaban J connectivity index is -0.00000000409. The van der Waals surface area contributed by atoms with Gasteiger partial charge in [0.25, 0.3) is 0 Å². The third kappa shape index (κ3) is 16000. The normalized spacial score (nSPS) is 4.09. The number of hydrogen-bond acceptors (Lipinski definition) is 20. The number of hydrogen-bond donors (Lipinski definition) is 0. The second kappa shape index (κ2) is 1110. The van der Waals surface area contributed by atoms with Crippen molar-refractivity contribution in [2.24, 2.45) is 0 Å². The Labute approximate surface area is 709 Å². The molecule has 0 amide bonds. The largest absolute Gasteiger partial charge is 4.00 e. The molecular formula is C40H100Mo4O36Ti8-20. The fraction of sp³-hybridized carbons (Fsp3) is 1.00. The van der Waals surface area contributed by atoms with Crippen LogP contribution < -0.4 is 102 Å². The third-order valence-corrected chi connectivity index (χ3v) is 0. The van der Waals surface area contributed by atoms with Gasteiger partial charge in [-0.1, -0.05) is 138 Å². The van der Waals surface area contributed by atoms with Gasteiger partial charge in [-0.25, -0.2) is 0 Å². The van der Waals surface area contributed by atoms with Gasteiger partial charge in [-0.3, -0.25) is 0 Å². The molecule has 0 unspecified atom stereocenters. The maximum Gasteiger partial charge on any atom is 4.00 e. The minimum Gasteiger partial charge on any atom is -2.00 e. The van der Waals surface area contributed by atoms with Crippen molar-refractivity contribution >= 4 is 0 Å². The zero-order valence-corrected chi connectivity index (χ0v) is 75.0. The van der Waals surface area contributed by atoms with Crippen LogP contribution in [-0.4, -0.2) is 132 Å². The summed E-state index contributed by atoms with van der Waals surface area (Å²) < 4.78 is 0. The van der Waals surface area contributed by atoms with Crippen LogP contribution in [0.2, 0.25) is 0 Å². The minimum absolute atomic E-state index is 0. The van der Waals surface area contributed by atoms with E-state index in [2.05, 4.69) is 0 Å². The van der Waals surface area contributed by atoms with Gasteiger partial charge in [-0.2, -0.15) is 0 Å². The summed E-state index contributed by atoms with van der Waals surface area (Å²) in [4.78, 5) is 0. The SMILES string of the molecule is CC[O-].CC[O-].CC[O-].CC[O-].CC[O-].CC[O-].CC[O-].CC[O-].CC[O-].CC[O-].CC[O-].CC[O-].CC[O-].CC[O-].CC[O-].CC[O-].CC[O-].CC[O-].CC[O-].CC[O-].[Mo].[Mo].[Mo].[Mo].[O-2].[O-2].[O-2].[O-2].[O-2].[O-2].[O-2].[O-2].[O-2].[O-2].[O-2].[O-2].[O-2].[O-2].[O-2].[O-2].[Ti+4].[Ti+4].[Ti+4].[Ti+4].[Ti+4].[Ti+4].[Ti+4].[Ti+4]. The standard InChI is InChI=1S/20C2H5O.4Mo.16O.8Ti/c20*1-2-3;;;;;;;;;;;;;;;;;;;;;;;;;;;;/h20*2H2,1H3;;;;;;;;;;;;;;;;;;;;;;;;;;;;/q20*-1;;;;;16*-2;8*+4. The summed E-state index contributed by atoms with van der Waals surface area (Å²) in [6, 6.07) is 0. The molecule has 0 saturated carbocycles. The van der Waals surface area contributed by atoms with Crippen molar-refractivity contribution in [3.63, 3.8) is 0 Å². The predicted molar refractivity (Wildman–Crippen MR) is 222 cm³/mol. The van der Waals surface area contributed by atoms with Gasteiger partial charge >= 0.3 is 174 Å². The average molecular weight is 1920 g/mol. The summed E-state index contributed by atoms with van der Waals surface area (Å²) in [5.41, 5.74) is 0. The summed E-state index contributed by atoms with van der Waals surface area (Å²) >= 11 is 0. The molecule has 0 aliphatic rings. The molecule has 36 nitrogen and oxygen atoms in total. The van der Waals surface area contributed by atoms with Gasteiger partial charge < -0.3 is 190 Å². The molecule has 0 aliphatic heterocycles. The quantitative estimate of drug-likeness (QED) is 0.203. The Hall–Kier alpha value is 7.03. The first-order valence-electron chi connectivity index (χ1n) is 19.9. The van der Waals surface area contributed by atoms with Crippen LogP contribution in [0.1, 0.15) is 138 Å². The van der Waals surface area contributed by atoms with Crippen LogP contribution >= 0.6 is 0 Å². The van der Waals surface area contributed by atoms with Gasteiger partial charge in [0.2, 0.25) is 0 Å². The first kappa shape index (κ1) is 380. The van der Waals surface area contributed by atoms with Crippen LogP contribution in [0, 0.1) is 0 Å². The summed E-state index contributed by atoms with van der Waals surface area (Å²) in [6.45, 7) is 31.4. The Morgan fingerprint density at radius 1 is 0.102 bits per heavy atom. The fourth-order valence-electron chi connectivity index (χ4n) is 0. The van der Waals surface area contributed by atoms with Crippen LogP contribution in [0.25, 0.3) is 0 Å². The Morgan fingerprint density at radius 3 is 0.102 bits per heavy atom. The molecule has 0 rings (SSSR count). The van der Waals surface area contributed by atoms with Crippen molar-refractivity contribution in [2.45, 2.75) is 138 Å². The molecular weight excluding hydrogens is 1820 g/mol. The molecule has 0 aliphatic carbocycles. The van der Waals surface area contributed by atoms with Gasteiger partial charge in [0.15, 0.2) is 0 Å². The van der Waals surface area contributed by atoms with Crippen LogP contribution in [0.5, 0.6) is 0 Å². The Bertz CT molecular complexity index is 224. The second-order valence-corrected chi connectivity index (χ2v) is 5.77. The average Bonchev–Trinajstić information content (AvgIpc) is 3.12. The zero-order valence-electron chi connectivity index (χ0n) is 54.5. The van der Waals surface area contributed by atoms with Crippen molar-refractivity contribution in [3.05, 3.63) is 0 Å². The first-order valence-corrected chi connectivity index (χ1v) is 19.9. The van der Waals surface area contributed by atoms with E-state index >= 15 is 0 Å². The molecule has 0 aromatic heterocycles. The van der Waals surface area contributed by atoms with Crippen LogP contribution in [-0.2, 0) is 346 Å². The molecule has 0 atom stereocenters. The monoisotopic (exact) mass is 1930 g/mol. The van der Waals surface area contributed by atoms with Crippen molar-refractivity contribution in [1.29, 1.82) is 0 Å². The molecule has 0 N–H and O–H groups in total. The first-order chi connectivity index (χ1) is 28.3. The van der Waals surface area contributed by atoms with E-state index in [1.165, 1.54) is 0 Å². The Kier molecular flexibility index (Phi) is 4810. The van der Waals surface area contributed by atoms with Gasteiger partial charge in [-0.15, -0.1) is 132 Å². The smallest absolute Gasteiger partial charge is 2.00 e. The maximum absolute atomic E-state index is 8.93. The van der Waals surface area contributed by atoms with Crippen LogP contribution in [0.3, 0.4) is 0 Å². The van der Waals surface area contributed by atoms with Crippen molar-refractivity contribution < 1.29 is 448 Å². The summed E-state index contributed by atoms with van der Waals surface area (Å²) in [7, 11) is 0. The number of rotatable bonds is 0. The summed E-state index contributed by atoms with van der Waals surface area (Å²) in [5.74, 6) is 0. The van der Waals surface area contributed by atoms with Crippen molar-refractivity contribution in [2.75, 3.05) is 132 Å². The van der Waals surface area contributed by atoms with E-state index in [9.17, 15) is 0 Å². The molecule has 552 valence electrons. The van der Waals surface area contributed by atoms with E-state index in [4.69, 9.17) is 102 Å². The summed E-state index contributed by atoms with van der Waals surface area (Å²) in [5, 5.41) is 179. The fourth-order valence-corrected chi connectivity index (χ4v) is 0. The van der Waals surface area contributed by atoms with Gasteiger partial charge in [0.05, 0.1) is 0 Å². The second-order valence-electron chi connectivity index (χ2n) is 5.77. The summed E-state index contributed by atoms with van der Waals surface area (Å²) in [6.07, 6.45) is 0. The molecule has 0 aromatic rings. The molecule has 0 fully saturated rings. The van der Waals surface area contributed by atoms with E-state index in [1.807, 2.05) is 0 Å². The van der Waals surface area contributed by atoms with Gasteiger partial charge in [0.1, 0.15) is 0 Å². The van der Waals surface area contributed by atoms with Crippen molar-refractivity contribution in [1.82, 2.24) is 0 Å². The van der Waals surface area contributed by atoms with Crippen LogP contribution in [0.15, 0.2) is 0 Å². The van der Waals surface area contributed by atoms with E-state index < -0.39 is 0 Å². The van der Waals surface area contributed by atoms with E-state index in [1.54, 1.807) is 138 Å². The minimum atomic E-state index is 0. The maximum atomic E-state index is 8.93. The molecule has 0 spiro atoms.